The molecular formula is C26H26F3N3O3. The highest BCUT2D eigenvalue weighted by atomic mass is 19.4. The van der Waals surface area contributed by atoms with Crippen LogP contribution in [0.5, 0.6) is 5.75 Å². The molecule has 1 aliphatic rings. The molecule has 1 heterocycles. The lowest BCUT2D eigenvalue weighted by molar-refractivity contribution is -0.138. The van der Waals surface area contributed by atoms with Crippen molar-refractivity contribution in [2.24, 2.45) is 0 Å². The topological polar surface area (TPSA) is 84.3 Å². The Morgan fingerprint density at radius 2 is 1.97 bits per heavy atom. The highest BCUT2D eigenvalue weighted by Crippen LogP contribution is 2.37. The third-order valence-corrected chi connectivity index (χ3v) is 6.06. The number of fused-ring (bicyclic) bond motifs is 1. The average Bonchev–Trinajstić information content (AvgIpc) is 3.21. The van der Waals surface area contributed by atoms with Gasteiger partial charge in [0.15, 0.2) is 5.82 Å². The summed E-state index contributed by atoms with van der Waals surface area (Å²) in [5.41, 5.74) is 2.88. The monoisotopic (exact) mass is 485 g/mol. The second kappa shape index (κ2) is 10.3. The van der Waals surface area contributed by atoms with E-state index in [4.69, 9.17) is 9.84 Å². The van der Waals surface area contributed by atoms with E-state index < -0.39 is 17.7 Å². The van der Waals surface area contributed by atoms with Crippen molar-refractivity contribution in [3.63, 3.8) is 0 Å². The van der Waals surface area contributed by atoms with Gasteiger partial charge in [-0.15, -0.1) is 0 Å². The molecule has 0 fully saturated rings. The Morgan fingerprint density at radius 3 is 2.69 bits per heavy atom. The second-order valence-electron chi connectivity index (χ2n) is 8.62. The number of hydrogen-bond acceptors (Lipinski definition) is 5. The number of carboxylic acids is 1. The van der Waals surface area contributed by atoms with Gasteiger partial charge in [0.1, 0.15) is 11.6 Å². The normalized spacial score (nSPS) is 15.0. The van der Waals surface area contributed by atoms with Gasteiger partial charge in [0.2, 0.25) is 0 Å². The van der Waals surface area contributed by atoms with Crippen LogP contribution in [0, 0.1) is 6.92 Å². The van der Waals surface area contributed by atoms with Crippen LogP contribution in [0.15, 0.2) is 48.7 Å². The molecule has 1 aliphatic carbocycles. The predicted molar refractivity (Wildman–Crippen MR) is 126 cm³/mol. The fourth-order valence-electron chi connectivity index (χ4n) is 4.23. The maximum absolute atomic E-state index is 12.8. The van der Waals surface area contributed by atoms with Crippen LogP contribution in [-0.2, 0) is 17.4 Å². The molecule has 4 rings (SSSR count). The lowest BCUT2D eigenvalue weighted by atomic mass is 9.98. The van der Waals surface area contributed by atoms with Crippen LogP contribution in [0.4, 0.5) is 19.0 Å². The van der Waals surface area contributed by atoms with Gasteiger partial charge in [0, 0.05) is 23.9 Å². The maximum Gasteiger partial charge on any atom is 0.416 e. The fraction of sp³-hybridized carbons (Fsp3) is 0.346. The van der Waals surface area contributed by atoms with E-state index in [0.717, 1.165) is 47.4 Å². The summed E-state index contributed by atoms with van der Waals surface area (Å²) in [6.45, 7) is 2.94. The van der Waals surface area contributed by atoms with Crippen LogP contribution in [0.2, 0.25) is 0 Å². The Kier molecular flexibility index (Phi) is 7.23. The summed E-state index contributed by atoms with van der Waals surface area (Å²) in [5.74, 6) is 1.03. The van der Waals surface area contributed by atoms with E-state index >= 15 is 0 Å². The molecule has 2 N–H and O–H groups in total. The number of nitrogens with zero attached hydrogens (tertiary/aromatic N) is 2. The van der Waals surface area contributed by atoms with Crippen LogP contribution in [-0.4, -0.2) is 34.2 Å². The lowest BCUT2D eigenvalue weighted by Gasteiger charge is -2.12. The molecule has 0 spiro atoms. The van der Waals surface area contributed by atoms with Crippen molar-refractivity contribution in [2.45, 2.75) is 44.7 Å². The zero-order chi connectivity index (χ0) is 25.0. The Labute approximate surface area is 201 Å². The molecule has 0 saturated heterocycles. The van der Waals surface area contributed by atoms with Crippen molar-refractivity contribution >= 4 is 11.8 Å². The predicted octanol–water partition coefficient (Wildman–Crippen LogP) is 5.86. The molecule has 0 radical (unpaired) electrons. The van der Waals surface area contributed by atoms with Gasteiger partial charge in [0.25, 0.3) is 0 Å². The van der Waals surface area contributed by atoms with E-state index in [9.17, 15) is 18.0 Å². The third kappa shape index (κ3) is 6.09. The number of benzene rings is 2. The number of aliphatic carboxylic acids is 1. The number of hydrogen-bond donors (Lipinski definition) is 2. The lowest BCUT2D eigenvalue weighted by Crippen LogP contribution is -2.10. The number of anilines is 1. The molecule has 1 atom stereocenters. The minimum atomic E-state index is -4.38. The van der Waals surface area contributed by atoms with Gasteiger partial charge < -0.3 is 15.2 Å². The van der Waals surface area contributed by atoms with Crippen molar-refractivity contribution in [3.8, 4) is 17.1 Å². The number of halogens is 3. The van der Waals surface area contributed by atoms with Crippen molar-refractivity contribution in [2.75, 3.05) is 18.5 Å². The van der Waals surface area contributed by atoms with Crippen LogP contribution in [0.1, 0.15) is 47.4 Å². The SMILES string of the molecule is Cc1cnc(-c2ccc(C(F)(F)F)cc2)nc1NCCCOc1ccc2c(c1)CC[C@H]2CC(=O)O. The Bertz CT molecular complexity index is 1200. The minimum Gasteiger partial charge on any atom is -0.494 e. The molecule has 6 nitrogen and oxygen atoms in total. The van der Waals surface area contributed by atoms with Gasteiger partial charge >= 0.3 is 12.1 Å². The summed E-state index contributed by atoms with van der Waals surface area (Å²) in [4.78, 5) is 19.7. The summed E-state index contributed by atoms with van der Waals surface area (Å²) in [5, 5.41) is 12.3. The summed E-state index contributed by atoms with van der Waals surface area (Å²) >= 11 is 0. The number of aryl methyl sites for hydroxylation is 2. The number of rotatable bonds is 9. The number of nitrogens with one attached hydrogen (secondary N) is 1. The van der Waals surface area contributed by atoms with Crippen molar-refractivity contribution in [3.05, 3.63) is 70.9 Å². The highest BCUT2D eigenvalue weighted by Gasteiger charge is 2.30. The second-order valence-corrected chi connectivity index (χ2v) is 8.62. The first-order valence-electron chi connectivity index (χ1n) is 11.4. The van der Waals surface area contributed by atoms with E-state index in [0.29, 0.717) is 36.8 Å². The van der Waals surface area contributed by atoms with Gasteiger partial charge in [-0.25, -0.2) is 9.97 Å². The molecule has 0 bridgehead atoms. The number of aromatic nitrogens is 2. The van der Waals surface area contributed by atoms with Gasteiger partial charge in [-0.2, -0.15) is 13.2 Å². The van der Waals surface area contributed by atoms with Crippen molar-refractivity contribution in [1.29, 1.82) is 0 Å². The standard InChI is InChI=1S/C26H26F3N3O3/c1-16-15-31-25(17-5-7-20(8-6-17)26(27,28)29)32-24(16)30-11-2-12-35-21-9-10-22-18(13-21)3-4-19(22)14-23(33)34/h5-10,13,15,19H,2-4,11-12,14H2,1H3,(H,33,34)(H,30,31,32)/t19-/m0/s1. The van der Waals surface area contributed by atoms with E-state index in [-0.39, 0.29) is 12.3 Å². The third-order valence-electron chi connectivity index (χ3n) is 6.06. The molecule has 3 aromatic rings. The Balaban J connectivity index is 1.29. The molecule has 0 aliphatic heterocycles. The zero-order valence-electron chi connectivity index (χ0n) is 19.2. The molecule has 0 saturated carbocycles. The molecule has 2 aromatic carbocycles. The molecule has 9 heteroatoms. The summed E-state index contributed by atoms with van der Waals surface area (Å²) < 4.78 is 44.2. The number of ether oxygens (including phenoxy) is 1. The van der Waals surface area contributed by atoms with Crippen LogP contribution >= 0.6 is 0 Å². The molecular weight excluding hydrogens is 459 g/mol. The Hall–Kier alpha value is -3.62. The summed E-state index contributed by atoms with van der Waals surface area (Å²) in [6.07, 6.45) is -0.174. The number of alkyl halides is 3. The quantitative estimate of drug-likeness (QED) is 0.370. The van der Waals surface area contributed by atoms with Gasteiger partial charge in [-0.05, 0) is 67.5 Å². The van der Waals surface area contributed by atoms with Gasteiger partial charge in [0.05, 0.1) is 18.6 Å². The van der Waals surface area contributed by atoms with Crippen LogP contribution in [0.3, 0.4) is 0 Å². The molecule has 184 valence electrons. The Morgan fingerprint density at radius 1 is 1.20 bits per heavy atom. The van der Waals surface area contributed by atoms with Crippen molar-refractivity contribution in [1.82, 2.24) is 9.97 Å². The van der Waals surface area contributed by atoms with E-state index in [1.165, 1.54) is 12.1 Å². The number of carboxylic acid groups (broad SMARTS) is 1. The van der Waals surface area contributed by atoms with Gasteiger partial charge in [-0.3, -0.25) is 4.79 Å². The first-order valence-corrected chi connectivity index (χ1v) is 11.4. The fourth-order valence-corrected chi connectivity index (χ4v) is 4.23. The van der Waals surface area contributed by atoms with Crippen LogP contribution < -0.4 is 10.1 Å². The smallest absolute Gasteiger partial charge is 0.416 e. The van der Waals surface area contributed by atoms with Crippen LogP contribution in [0.25, 0.3) is 11.4 Å². The van der Waals surface area contributed by atoms with E-state index in [1.807, 2.05) is 25.1 Å². The van der Waals surface area contributed by atoms with E-state index in [1.54, 1.807) is 6.20 Å². The highest BCUT2D eigenvalue weighted by molar-refractivity contribution is 5.68. The number of carbonyl (C=O) groups is 1. The first-order chi connectivity index (χ1) is 16.7. The maximum atomic E-state index is 12.8. The van der Waals surface area contributed by atoms with Gasteiger partial charge in [-0.1, -0.05) is 18.2 Å². The molecule has 1 aromatic heterocycles. The minimum absolute atomic E-state index is 0.0734. The zero-order valence-corrected chi connectivity index (χ0v) is 19.2. The largest absolute Gasteiger partial charge is 0.494 e. The average molecular weight is 486 g/mol. The summed E-state index contributed by atoms with van der Waals surface area (Å²) in [6, 6.07) is 10.6. The van der Waals surface area contributed by atoms with Crippen molar-refractivity contribution < 1.29 is 27.8 Å². The first kappa shape index (κ1) is 24.5. The molecule has 0 unspecified atom stereocenters. The summed E-state index contributed by atoms with van der Waals surface area (Å²) in [7, 11) is 0. The molecule has 35 heavy (non-hydrogen) atoms. The van der Waals surface area contributed by atoms with E-state index in [2.05, 4.69) is 15.3 Å². The molecule has 0 amide bonds.